The van der Waals surface area contributed by atoms with Gasteiger partial charge in [0.25, 0.3) is 5.91 Å². The van der Waals surface area contributed by atoms with Crippen LogP contribution in [0, 0.1) is 0 Å². The number of carbonyl (C=O) groups excluding carboxylic acids is 2. The number of rotatable bonds is 8. The van der Waals surface area contributed by atoms with E-state index in [1.165, 1.54) is 17.8 Å². The molecular formula is C22H23NO5S. The van der Waals surface area contributed by atoms with Crippen LogP contribution in [0.2, 0.25) is 0 Å². The number of fused-ring (bicyclic) bond motifs is 1. The molecule has 2 aromatic rings. The lowest BCUT2D eigenvalue weighted by atomic mass is 10.1. The minimum absolute atomic E-state index is 0.0770. The second-order valence-corrected chi connectivity index (χ2v) is 7.65. The standard InChI is InChI=1S/C22H23NO5S/c1-2-28-20(26)13-12-18(24)19(25)14-23-21(27)16-10-6-7-11-17(16)22(23)29-15-8-4-3-5-9-15/h3-13,18-19,22,24-25H,2,14H2,1H3/b13-12+/t18-,19+,22?/m1/s1. The maximum absolute atomic E-state index is 12.9. The fourth-order valence-electron chi connectivity index (χ4n) is 3.08. The van der Waals surface area contributed by atoms with Crippen LogP contribution in [0.5, 0.6) is 0 Å². The lowest BCUT2D eigenvalue weighted by Gasteiger charge is -2.28. The number of esters is 1. The molecule has 0 saturated heterocycles. The topological polar surface area (TPSA) is 87.1 Å². The largest absolute Gasteiger partial charge is 0.463 e. The van der Waals surface area contributed by atoms with E-state index in [0.29, 0.717) is 5.56 Å². The first-order chi connectivity index (χ1) is 14.0. The smallest absolute Gasteiger partial charge is 0.330 e. The molecular weight excluding hydrogens is 390 g/mol. The SMILES string of the molecule is CCOC(=O)/C=C/[C@@H](O)[C@@H](O)CN1C(=O)c2ccccc2C1Sc1ccccc1. The molecule has 29 heavy (non-hydrogen) atoms. The fraction of sp³-hybridized carbons (Fsp3) is 0.273. The van der Waals surface area contributed by atoms with Crippen molar-refractivity contribution in [3.63, 3.8) is 0 Å². The normalized spacial score (nSPS) is 18.0. The third-order valence-electron chi connectivity index (χ3n) is 4.49. The first-order valence-electron chi connectivity index (χ1n) is 9.34. The van der Waals surface area contributed by atoms with Gasteiger partial charge < -0.3 is 19.8 Å². The molecule has 0 radical (unpaired) electrons. The van der Waals surface area contributed by atoms with E-state index in [9.17, 15) is 19.8 Å². The Morgan fingerprint density at radius 1 is 1.17 bits per heavy atom. The van der Waals surface area contributed by atoms with Crippen molar-refractivity contribution in [3.05, 3.63) is 77.9 Å². The molecule has 0 bridgehead atoms. The third-order valence-corrected chi connectivity index (χ3v) is 5.76. The van der Waals surface area contributed by atoms with Gasteiger partial charge in [0.1, 0.15) is 17.6 Å². The van der Waals surface area contributed by atoms with Crippen molar-refractivity contribution in [2.75, 3.05) is 13.2 Å². The molecule has 0 saturated carbocycles. The maximum Gasteiger partial charge on any atom is 0.330 e. The van der Waals surface area contributed by atoms with E-state index in [0.717, 1.165) is 16.5 Å². The van der Waals surface area contributed by atoms with Gasteiger partial charge in [-0.3, -0.25) is 4.79 Å². The Morgan fingerprint density at radius 3 is 2.59 bits per heavy atom. The minimum Gasteiger partial charge on any atom is -0.463 e. The molecule has 0 aromatic heterocycles. The van der Waals surface area contributed by atoms with Crippen LogP contribution in [0.3, 0.4) is 0 Å². The van der Waals surface area contributed by atoms with Crippen LogP contribution in [0.15, 0.2) is 71.6 Å². The lowest BCUT2D eigenvalue weighted by molar-refractivity contribution is -0.137. The summed E-state index contributed by atoms with van der Waals surface area (Å²) in [6.45, 7) is 1.82. The molecule has 1 aliphatic heterocycles. The maximum atomic E-state index is 12.9. The second kappa shape index (κ2) is 9.73. The number of hydrogen-bond acceptors (Lipinski definition) is 6. The first-order valence-corrected chi connectivity index (χ1v) is 10.2. The molecule has 1 aliphatic rings. The molecule has 1 amide bonds. The van der Waals surface area contributed by atoms with Gasteiger partial charge in [-0.25, -0.2) is 4.79 Å². The Bertz CT molecular complexity index is 886. The van der Waals surface area contributed by atoms with Gasteiger partial charge in [0.15, 0.2) is 0 Å². The quantitative estimate of drug-likeness (QED) is 0.511. The molecule has 2 N–H and O–H groups in total. The molecule has 152 valence electrons. The lowest BCUT2D eigenvalue weighted by Crippen LogP contribution is -2.40. The van der Waals surface area contributed by atoms with E-state index in [2.05, 4.69) is 0 Å². The van der Waals surface area contributed by atoms with E-state index in [-0.39, 0.29) is 24.4 Å². The number of benzene rings is 2. The number of nitrogens with zero attached hydrogens (tertiary/aromatic N) is 1. The molecule has 0 fully saturated rings. The molecule has 3 atom stereocenters. The van der Waals surface area contributed by atoms with Crippen LogP contribution >= 0.6 is 11.8 Å². The van der Waals surface area contributed by atoms with E-state index < -0.39 is 18.2 Å². The Hall–Kier alpha value is -2.61. The van der Waals surface area contributed by atoms with Crippen LogP contribution in [0.1, 0.15) is 28.2 Å². The van der Waals surface area contributed by atoms with Gasteiger partial charge in [-0.1, -0.05) is 48.2 Å². The van der Waals surface area contributed by atoms with Crippen LogP contribution in [-0.2, 0) is 9.53 Å². The predicted molar refractivity (Wildman–Crippen MR) is 110 cm³/mol. The molecule has 3 rings (SSSR count). The molecule has 6 nitrogen and oxygen atoms in total. The summed E-state index contributed by atoms with van der Waals surface area (Å²) in [5.41, 5.74) is 1.46. The van der Waals surface area contributed by atoms with E-state index in [1.54, 1.807) is 24.0 Å². The zero-order chi connectivity index (χ0) is 20.8. The highest BCUT2D eigenvalue weighted by molar-refractivity contribution is 7.99. The van der Waals surface area contributed by atoms with Crippen molar-refractivity contribution < 1.29 is 24.5 Å². The summed E-state index contributed by atoms with van der Waals surface area (Å²) >= 11 is 1.50. The zero-order valence-electron chi connectivity index (χ0n) is 16.0. The van der Waals surface area contributed by atoms with Crippen molar-refractivity contribution in [1.82, 2.24) is 4.90 Å². The third kappa shape index (κ3) is 5.06. The highest BCUT2D eigenvalue weighted by Gasteiger charge is 2.38. The number of ether oxygens (including phenoxy) is 1. The summed E-state index contributed by atoms with van der Waals surface area (Å²) in [4.78, 5) is 26.9. The van der Waals surface area contributed by atoms with Gasteiger partial charge in [0.2, 0.25) is 0 Å². The van der Waals surface area contributed by atoms with Gasteiger partial charge >= 0.3 is 5.97 Å². The number of aliphatic hydroxyl groups is 2. The number of hydrogen-bond donors (Lipinski definition) is 2. The number of carbonyl (C=O) groups is 2. The number of thioether (sulfide) groups is 1. The predicted octanol–water partition coefficient (Wildman–Crippen LogP) is 2.77. The highest BCUT2D eigenvalue weighted by atomic mass is 32.2. The van der Waals surface area contributed by atoms with Gasteiger partial charge in [-0.2, -0.15) is 0 Å². The molecule has 1 unspecified atom stereocenters. The number of β-amino-alcohol motifs (C(OH)–C–C–N with tert-alkyl or cyclic N) is 1. The Balaban J connectivity index is 1.77. The minimum atomic E-state index is -1.31. The van der Waals surface area contributed by atoms with Crippen molar-refractivity contribution >= 4 is 23.6 Å². The Kier molecular flexibility index (Phi) is 7.09. The van der Waals surface area contributed by atoms with Crippen LogP contribution < -0.4 is 0 Å². The molecule has 0 aliphatic carbocycles. The van der Waals surface area contributed by atoms with Crippen molar-refractivity contribution in [2.24, 2.45) is 0 Å². The average Bonchev–Trinajstić information content (AvgIpc) is 2.99. The Morgan fingerprint density at radius 2 is 1.86 bits per heavy atom. The average molecular weight is 413 g/mol. The summed E-state index contributed by atoms with van der Waals surface area (Å²) in [7, 11) is 0. The van der Waals surface area contributed by atoms with Crippen LogP contribution in [0.4, 0.5) is 0 Å². The van der Waals surface area contributed by atoms with Gasteiger partial charge in [0.05, 0.1) is 13.2 Å². The van der Waals surface area contributed by atoms with E-state index in [4.69, 9.17) is 4.74 Å². The molecule has 1 heterocycles. The fourth-order valence-corrected chi connectivity index (χ4v) is 4.29. The monoisotopic (exact) mass is 413 g/mol. The van der Waals surface area contributed by atoms with Crippen molar-refractivity contribution in [1.29, 1.82) is 0 Å². The summed E-state index contributed by atoms with van der Waals surface area (Å²) in [5, 5.41) is 20.3. The summed E-state index contributed by atoms with van der Waals surface area (Å²) in [6, 6.07) is 17.0. The number of aliphatic hydroxyl groups excluding tert-OH is 2. The first kappa shape index (κ1) is 21.1. The second-order valence-electron chi connectivity index (χ2n) is 6.50. The Labute approximate surface area is 173 Å². The van der Waals surface area contributed by atoms with Crippen molar-refractivity contribution in [2.45, 2.75) is 29.4 Å². The zero-order valence-corrected chi connectivity index (χ0v) is 16.8. The highest BCUT2D eigenvalue weighted by Crippen LogP contribution is 2.44. The van der Waals surface area contributed by atoms with Crippen LogP contribution in [-0.4, -0.2) is 52.3 Å². The van der Waals surface area contributed by atoms with Crippen LogP contribution in [0.25, 0.3) is 0 Å². The van der Waals surface area contributed by atoms with Gasteiger partial charge in [0, 0.05) is 16.5 Å². The van der Waals surface area contributed by atoms with E-state index >= 15 is 0 Å². The summed E-state index contributed by atoms with van der Waals surface area (Å²) in [5.74, 6) is -0.796. The van der Waals surface area contributed by atoms with Crippen molar-refractivity contribution in [3.8, 4) is 0 Å². The van der Waals surface area contributed by atoms with Gasteiger partial charge in [-0.05, 0) is 36.8 Å². The number of amides is 1. The molecule has 7 heteroatoms. The summed E-state index contributed by atoms with van der Waals surface area (Å²) in [6.07, 6.45) is -0.305. The molecule has 2 aromatic carbocycles. The summed E-state index contributed by atoms with van der Waals surface area (Å²) < 4.78 is 4.76. The molecule has 0 spiro atoms. The van der Waals surface area contributed by atoms with Gasteiger partial charge in [-0.15, -0.1) is 0 Å². The van der Waals surface area contributed by atoms with E-state index in [1.807, 2.05) is 42.5 Å².